The number of aryl methyl sites for hydroxylation is 2. The molecule has 0 radical (unpaired) electrons. The largest absolute Gasteiger partial charge is 0.293 e. The van der Waals surface area contributed by atoms with Gasteiger partial charge in [0.2, 0.25) is 0 Å². The highest BCUT2D eigenvalue weighted by atomic mass is 32.1. The van der Waals surface area contributed by atoms with E-state index in [0.717, 1.165) is 26.8 Å². The second kappa shape index (κ2) is 5.41. The summed E-state index contributed by atoms with van der Waals surface area (Å²) in [6.07, 6.45) is 0.392. The SMILES string of the molecule is Cc1ccc(C)c(CC(=O)c2cc3cc(F)ccc3s2)c1. The monoisotopic (exact) mass is 298 g/mol. The molecule has 0 fully saturated rings. The first-order valence-electron chi connectivity index (χ1n) is 6.81. The zero-order valence-corrected chi connectivity index (χ0v) is 12.8. The first-order valence-corrected chi connectivity index (χ1v) is 7.63. The van der Waals surface area contributed by atoms with Crippen molar-refractivity contribution in [3.8, 4) is 0 Å². The van der Waals surface area contributed by atoms with E-state index >= 15 is 0 Å². The van der Waals surface area contributed by atoms with Crippen LogP contribution in [0.25, 0.3) is 10.1 Å². The van der Waals surface area contributed by atoms with Crippen LogP contribution in [-0.4, -0.2) is 5.78 Å². The molecule has 0 aliphatic heterocycles. The molecule has 1 aromatic heterocycles. The van der Waals surface area contributed by atoms with Crippen LogP contribution >= 0.6 is 11.3 Å². The average Bonchev–Trinajstić information content (AvgIpc) is 2.86. The fourth-order valence-corrected chi connectivity index (χ4v) is 3.38. The Labute approximate surface area is 127 Å². The number of halogens is 1. The van der Waals surface area contributed by atoms with Gasteiger partial charge in [-0.2, -0.15) is 0 Å². The number of Topliss-reactive ketones (excluding diaryl/α,β-unsaturated/α-hetero) is 1. The molecule has 0 saturated carbocycles. The summed E-state index contributed by atoms with van der Waals surface area (Å²) in [5, 5.41) is 0.796. The van der Waals surface area contributed by atoms with E-state index in [1.165, 1.54) is 23.5 Å². The number of hydrogen-bond donors (Lipinski definition) is 0. The van der Waals surface area contributed by atoms with E-state index < -0.39 is 0 Å². The second-order valence-electron chi connectivity index (χ2n) is 5.32. The molecule has 3 aromatic rings. The van der Waals surface area contributed by atoms with Crippen LogP contribution in [0.15, 0.2) is 42.5 Å². The molecule has 0 saturated heterocycles. The molecule has 0 aliphatic rings. The highest BCUT2D eigenvalue weighted by Crippen LogP contribution is 2.27. The van der Waals surface area contributed by atoms with Gasteiger partial charge >= 0.3 is 0 Å². The Morgan fingerprint density at radius 2 is 1.90 bits per heavy atom. The van der Waals surface area contributed by atoms with Crippen molar-refractivity contribution >= 4 is 27.2 Å². The van der Waals surface area contributed by atoms with Crippen molar-refractivity contribution in [1.82, 2.24) is 0 Å². The molecule has 1 nitrogen and oxygen atoms in total. The van der Waals surface area contributed by atoms with Gasteiger partial charge in [-0.25, -0.2) is 4.39 Å². The van der Waals surface area contributed by atoms with Gasteiger partial charge < -0.3 is 0 Å². The third-order valence-corrected chi connectivity index (χ3v) is 4.77. The van der Waals surface area contributed by atoms with Crippen LogP contribution in [0.4, 0.5) is 4.39 Å². The van der Waals surface area contributed by atoms with E-state index in [4.69, 9.17) is 0 Å². The highest BCUT2D eigenvalue weighted by Gasteiger charge is 2.13. The van der Waals surface area contributed by atoms with Crippen molar-refractivity contribution in [2.24, 2.45) is 0 Å². The standard InChI is InChI=1S/C18H15FOS/c1-11-3-4-12(2)13(7-11)9-16(20)18-10-14-8-15(19)5-6-17(14)21-18/h3-8,10H,9H2,1-2H3. The molecule has 3 heteroatoms. The van der Waals surface area contributed by atoms with Gasteiger partial charge in [-0.05, 0) is 54.6 Å². The number of fused-ring (bicyclic) bond motifs is 1. The molecular weight excluding hydrogens is 283 g/mol. The molecular formula is C18H15FOS. The lowest BCUT2D eigenvalue weighted by molar-refractivity contribution is 0.0996. The molecule has 0 aliphatic carbocycles. The maximum Gasteiger partial charge on any atom is 0.177 e. The fourth-order valence-electron chi connectivity index (χ4n) is 2.40. The number of ketones is 1. The van der Waals surface area contributed by atoms with Crippen LogP contribution in [0.2, 0.25) is 0 Å². The van der Waals surface area contributed by atoms with E-state index in [1.54, 1.807) is 12.1 Å². The smallest absolute Gasteiger partial charge is 0.177 e. The Morgan fingerprint density at radius 3 is 2.71 bits per heavy atom. The van der Waals surface area contributed by atoms with Crippen molar-refractivity contribution in [2.75, 3.05) is 0 Å². The van der Waals surface area contributed by atoms with Crippen LogP contribution in [0.3, 0.4) is 0 Å². The van der Waals surface area contributed by atoms with Crippen molar-refractivity contribution in [3.05, 3.63) is 69.8 Å². The number of carbonyl (C=O) groups is 1. The predicted molar refractivity (Wildman–Crippen MR) is 85.7 cm³/mol. The van der Waals surface area contributed by atoms with Gasteiger partial charge in [0.25, 0.3) is 0 Å². The second-order valence-corrected chi connectivity index (χ2v) is 6.41. The quantitative estimate of drug-likeness (QED) is 0.616. The summed E-state index contributed by atoms with van der Waals surface area (Å²) in [5.74, 6) is -0.181. The number of carbonyl (C=O) groups excluding carboxylic acids is 1. The molecule has 1 heterocycles. The molecule has 0 bridgehead atoms. The fraction of sp³-hybridized carbons (Fsp3) is 0.167. The third kappa shape index (κ3) is 2.88. The average molecular weight is 298 g/mol. The zero-order valence-electron chi connectivity index (χ0n) is 11.9. The summed E-state index contributed by atoms with van der Waals surface area (Å²) in [7, 11) is 0. The molecule has 0 atom stereocenters. The van der Waals surface area contributed by atoms with Crippen molar-refractivity contribution in [1.29, 1.82) is 0 Å². The van der Waals surface area contributed by atoms with Gasteiger partial charge in [0.1, 0.15) is 5.82 Å². The lowest BCUT2D eigenvalue weighted by Crippen LogP contribution is -2.03. The van der Waals surface area contributed by atoms with Gasteiger partial charge in [0, 0.05) is 11.1 Å². The van der Waals surface area contributed by atoms with E-state index in [2.05, 4.69) is 6.07 Å². The summed E-state index contributed by atoms with van der Waals surface area (Å²) < 4.78 is 14.2. The Balaban J connectivity index is 1.91. The molecule has 3 rings (SSSR count). The van der Waals surface area contributed by atoms with Gasteiger partial charge in [-0.15, -0.1) is 11.3 Å². The van der Waals surface area contributed by atoms with Crippen molar-refractivity contribution in [3.63, 3.8) is 0 Å². The molecule has 0 unspecified atom stereocenters. The summed E-state index contributed by atoms with van der Waals surface area (Å²) in [6, 6.07) is 12.6. The molecule has 0 spiro atoms. The van der Waals surface area contributed by atoms with Crippen LogP contribution in [0, 0.1) is 19.7 Å². The lowest BCUT2D eigenvalue weighted by atomic mass is 10.0. The highest BCUT2D eigenvalue weighted by molar-refractivity contribution is 7.20. The van der Waals surface area contributed by atoms with Gasteiger partial charge in [0.05, 0.1) is 4.88 Å². The Morgan fingerprint density at radius 1 is 1.10 bits per heavy atom. The molecule has 0 amide bonds. The third-order valence-electron chi connectivity index (χ3n) is 3.61. The minimum absolute atomic E-state index is 0.0882. The number of rotatable bonds is 3. The summed E-state index contributed by atoms with van der Waals surface area (Å²) in [4.78, 5) is 13.1. The minimum Gasteiger partial charge on any atom is -0.293 e. The molecule has 0 N–H and O–H groups in total. The maximum atomic E-state index is 13.2. The summed E-state index contributed by atoms with van der Waals surface area (Å²) in [6.45, 7) is 4.04. The van der Waals surface area contributed by atoms with E-state index in [-0.39, 0.29) is 11.6 Å². The number of thiophene rings is 1. The van der Waals surface area contributed by atoms with Crippen LogP contribution in [0.5, 0.6) is 0 Å². The molecule has 21 heavy (non-hydrogen) atoms. The molecule has 2 aromatic carbocycles. The first kappa shape index (κ1) is 14.0. The predicted octanol–water partition coefficient (Wildman–Crippen LogP) is 5.08. The van der Waals surface area contributed by atoms with E-state index in [9.17, 15) is 9.18 Å². The normalized spacial score (nSPS) is 11.0. The van der Waals surface area contributed by atoms with Crippen molar-refractivity contribution in [2.45, 2.75) is 20.3 Å². The Hall–Kier alpha value is -2.00. The summed E-state index contributed by atoms with van der Waals surface area (Å²) >= 11 is 1.43. The van der Waals surface area contributed by atoms with Crippen LogP contribution in [-0.2, 0) is 6.42 Å². The minimum atomic E-state index is -0.270. The molecule has 106 valence electrons. The lowest BCUT2D eigenvalue weighted by Gasteiger charge is -2.05. The van der Waals surface area contributed by atoms with Crippen LogP contribution in [0.1, 0.15) is 26.4 Å². The van der Waals surface area contributed by atoms with E-state index in [0.29, 0.717) is 11.3 Å². The van der Waals surface area contributed by atoms with Gasteiger partial charge in [0.15, 0.2) is 5.78 Å². The number of hydrogen-bond acceptors (Lipinski definition) is 2. The zero-order chi connectivity index (χ0) is 15.0. The Bertz CT molecular complexity index is 832. The number of benzene rings is 2. The van der Waals surface area contributed by atoms with Crippen LogP contribution < -0.4 is 0 Å². The van der Waals surface area contributed by atoms with Crippen molar-refractivity contribution < 1.29 is 9.18 Å². The first-order chi connectivity index (χ1) is 10.0. The van der Waals surface area contributed by atoms with Gasteiger partial charge in [-0.3, -0.25) is 4.79 Å². The topological polar surface area (TPSA) is 17.1 Å². The maximum absolute atomic E-state index is 13.2. The Kier molecular flexibility index (Phi) is 3.60. The summed E-state index contributed by atoms with van der Waals surface area (Å²) in [5.41, 5.74) is 3.34. The van der Waals surface area contributed by atoms with Gasteiger partial charge in [-0.1, -0.05) is 23.8 Å². The van der Waals surface area contributed by atoms with E-state index in [1.807, 2.05) is 26.0 Å².